The lowest BCUT2D eigenvalue weighted by Crippen LogP contribution is -2.32. The molecule has 0 aromatic carbocycles. The van der Waals surface area contributed by atoms with E-state index in [4.69, 9.17) is 9.84 Å². The predicted octanol–water partition coefficient (Wildman–Crippen LogP) is 3.23. The number of aliphatic hydroxyl groups is 3. The van der Waals surface area contributed by atoms with E-state index in [-0.39, 0.29) is 13.0 Å². The fourth-order valence-electron chi connectivity index (χ4n) is 2.50. The van der Waals surface area contributed by atoms with E-state index in [0.29, 0.717) is 6.61 Å². The third kappa shape index (κ3) is 13.5. The lowest BCUT2D eigenvalue weighted by molar-refractivity contribution is -0.0524. The second-order valence-electron chi connectivity index (χ2n) is 6.23. The Bertz CT molecular complexity index is 221. The van der Waals surface area contributed by atoms with Crippen molar-refractivity contribution < 1.29 is 20.1 Å². The number of aliphatic hydroxyl groups excluding tert-OH is 3. The second kappa shape index (κ2) is 15.7. The van der Waals surface area contributed by atoms with Crippen LogP contribution in [0.1, 0.15) is 77.6 Å². The van der Waals surface area contributed by atoms with Crippen LogP contribution in [0.25, 0.3) is 0 Å². The molecule has 0 bridgehead atoms. The molecular formula is C18H37O4. The van der Waals surface area contributed by atoms with Gasteiger partial charge in [0.15, 0.2) is 0 Å². The molecule has 0 saturated carbocycles. The van der Waals surface area contributed by atoms with Crippen molar-refractivity contribution in [1.82, 2.24) is 0 Å². The third-order valence-electron chi connectivity index (χ3n) is 3.97. The Kier molecular flexibility index (Phi) is 15.6. The Morgan fingerprint density at radius 3 is 1.82 bits per heavy atom. The molecule has 0 aliphatic rings. The highest BCUT2D eigenvalue weighted by Crippen LogP contribution is 2.12. The molecular weight excluding hydrogens is 280 g/mol. The molecule has 0 aromatic heterocycles. The SMILES string of the molecule is [CH2]C(O)C(CC(O)CO)OCCCCCCCCCCCC. The van der Waals surface area contributed by atoms with E-state index in [1.54, 1.807) is 0 Å². The van der Waals surface area contributed by atoms with Gasteiger partial charge >= 0.3 is 0 Å². The van der Waals surface area contributed by atoms with Crippen LogP contribution in [0.2, 0.25) is 0 Å². The number of hydrogen-bond donors (Lipinski definition) is 3. The van der Waals surface area contributed by atoms with Gasteiger partial charge in [-0.1, -0.05) is 64.7 Å². The Balaban J connectivity index is 3.42. The van der Waals surface area contributed by atoms with Crippen LogP contribution in [0.4, 0.5) is 0 Å². The molecule has 0 rings (SSSR count). The zero-order valence-corrected chi connectivity index (χ0v) is 14.4. The van der Waals surface area contributed by atoms with Crippen LogP contribution >= 0.6 is 0 Å². The van der Waals surface area contributed by atoms with E-state index in [9.17, 15) is 10.2 Å². The van der Waals surface area contributed by atoms with E-state index >= 15 is 0 Å². The highest BCUT2D eigenvalue weighted by atomic mass is 16.5. The number of rotatable bonds is 16. The van der Waals surface area contributed by atoms with Crippen molar-refractivity contribution in [3.8, 4) is 0 Å². The molecule has 0 saturated heterocycles. The van der Waals surface area contributed by atoms with Gasteiger partial charge in [-0.3, -0.25) is 0 Å². The van der Waals surface area contributed by atoms with Crippen LogP contribution in [0.3, 0.4) is 0 Å². The van der Waals surface area contributed by atoms with Crippen LogP contribution in [0.5, 0.6) is 0 Å². The predicted molar refractivity (Wildman–Crippen MR) is 90.7 cm³/mol. The van der Waals surface area contributed by atoms with Gasteiger partial charge in [0.05, 0.1) is 24.9 Å². The molecule has 0 aliphatic carbocycles. The first-order chi connectivity index (χ1) is 10.6. The van der Waals surface area contributed by atoms with Gasteiger partial charge in [-0.15, -0.1) is 0 Å². The molecule has 0 aromatic rings. The average Bonchev–Trinajstić information content (AvgIpc) is 2.50. The van der Waals surface area contributed by atoms with Crippen LogP contribution in [-0.4, -0.2) is 46.8 Å². The van der Waals surface area contributed by atoms with E-state index in [2.05, 4.69) is 13.8 Å². The van der Waals surface area contributed by atoms with Gasteiger partial charge in [0.25, 0.3) is 0 Å². The molecule has 133 valence electrons. The van der Waals surface area contributed by atoms with Crippen LogP contribution < -0.4 is 0 Å². The molecule has 3 N–H and O–H groups in total. The van der Waals surface area contributed by atoms with E-state index in [1.807, 2.05) is 0 Å². The molecule has 0 heterocycles. The van der Waals surface area contributed by atoms with Crippen molar-refractivity contribution in [2.24, 2.45) is 0 Å². The minimum atomic E-state index is -0.871. The highest BCUT2D eigenvalue weighted by Gasteiger charge is 2.19. The van der Waals surface area contributed by atoms with E-state index < -0.39 is 18.3 Å². The highest BCUT2D eigenvalue weighted by molar-refractivity contribution is 4.74. The normalized spacial score (nSPS) is 15.7. The fraction of sp³-hybridized carbons (Fsp3) is 0.944. The summed E-state index contributed by atoms with van der Waals surface area (Å²) in [6, 6.07) is 0. The maximum atomic E-state index is 9.49. The molecule has 0 fully saturated rings. The molecule has 3 unspecified atom stereocenters. The van der Waals surface area contributed by atoms with Crippen LogP contribution in [0.15, 0.2) is 0 Å². The van der Waals surface area contributed by atoms with Crippen molar-refractivity contribution in [1.29, 1.82) is 0 Å². The monoisotopic (exact) mass is 317 g/mol. The zero-order valence-electron chi connectivity index (χ0n) is 14.4. The van der Waals surface area contributed by atoms with Gasteiger partial charge in [-0.25, -0.2) is 0 Å². The van der Waals surface area contributed by atoms with Crippen molar-refractivity contribution >= 4 is 0 Å². The maximum absolute atomic E-state index is 9.49. The summed E-state index contributed by atoms with van der Waals surface area (Å²) in [5.41, 5.74) is 0. The Morgan fingerprint density at radius 1 is 0.864 bits per heavy atom. The fourth-order valence-corrected chi connectivity index (χ4v) is 2.50. The molecule has 1 radical (unpaired) electrons. The Labute approximate surface area is 136 Å². The quantitative estimate of drug-likeness (QED) is 0.382. The van der Waals surface area contributed by atoms with Crippen LogP contribution in [0, 0.1) is 6.92 Å². The summed E-state index contributed by atoms with van der Waals surface area (Å²) in [6.07, 6.45) is 10.7. The van der Waals surface area contributed by atoms with Crippen molar-refractivity contribution in [3.05, 3.63) is 6.92 Å². The molecule has 3 atom stereocenters. The summed E-state index contributed by atoms with van der Waals surface area (Å²) in [7, 11) is 0. The Hall–Kier alpha value is -0.160. The first-order valence-electron chi connectivity index (χ1n) is 9.03. The van der Waals surface area contributed by atoms with Gasteiger partial charge in [0.2, 0.25) is 0 Å². The van der Waals surface area contributed by atoms with Crippen LogP contribution in [-0.2, 0) is 4.74 Å². The molecule has 22 heavy (non-hydrogen) atoms. The second-order valence-corrected chi connectivity index (χ2v) is 6.23. The van der Waals surface area contributed by atoms with Gasteiger partial charge < -0.3 is 20.1 Å². The Morgan fingerprint density at radius 2 is 1.36 bits per heavy atom. The lowest BCUT2D eigenvalue weighted by atomic mass is 10.1. The topological polar surface area (TPSA) is 69.9 Å². The van der Waals surface area contributed by atoms with E-state index in [1.165, 1.54) is 51.4 Å². The van der Waals surface area contributed by atoms with Crippen molar-refractivity contribution in [2.75, 3.05) is 13.2 Å². The molecule has 0 amide bonds. The molecule has 0 spiro atoms. The largest absolute Gasteiger partial charge is 0.394 e. The number of ether oxygens (including phenoxy) is 1. The minimum absolute atomic E-state index is 0.221. The summed E-state index contributed by atoms with van der Waals surface area (Å²) >= 11 is 0. The molecule has 4 heteroatoms. The van der Waals surface area contributed by atoms with Gasteiger partial charge in [-0.05, 0) is 13.3 Å². The standard InChI is InChI=1S/C18H37O4/c1-3-4-5-6-7-8-9-10-11-12-13-22-18(16(2)20)14-17(21)15-19/h16-21H,2-15H2,1H3. The average molecular weight is 317 g/mol. The summed E-state index contributed by atoms with van der Waals surface area (Å²) in [5.74, 6) is 0. The van der Waals surface area contributed by atoms with Gasteiger partial charge in [-0.2, -0.15) is 0 Å². The third-order valence-corrected chi connectivity index (χ3v) is 3.97. The summed E-state index contributed by atoms with van der Waals surface area (Å²) in [5, 5.41) is 27.7. The molecule has 4 nitrogen and oxygen atoms in total. The van der Waals surface area contributed by atoms with Crippen molar-refractivity contribution in [3.63, 3.8) is 0 Å². The summed E-state index contributed by atoms with van der Waals surface area (Å²) in [6.45, 7) is 6.04. The molecule has 0 aliphatic heterocycles. The number of hydrogen-bond acceptors (Lipinski definition) is 4. The minimum Gasteiger partial charge on any atom is -0.394 e. The number of unbranched alkanes of at least 4 members (excludes halogenated alkanes) is 9. The van der Waals surface area contributed by atoms with Crippen molar-refractivity contribution in [2.45, 2.75) is 95.9 Å². The summed E-state index contributed by atoms with van der Waals surface area (Å²) in [4.78, 5) is 0. The first kappa shape index (κ1) is 21.8. The zero-order chi connectivity index (χ0) is 16.6. The van der Waals surface area contributed by atoms with Gasteiger partial charge in [0, 0.05) is 13.0 Å². The lowest BCUT2D eigenvalue weighted by Gasteiger charge is -2.22. The smallest absolute Gasteiger partial charge is 0.0859 e. The maximum Gasteiger partial charge on any atom is 0.0859 e. The van der Waals surface area contributed by atoms with Gasteiger partial charge in [0.1, 0.15) is 0 Å². The first-order valence-corrected chi connectivity index (χ1v) is 9.03. The van der Waals surface area contributed by atoms with E-state index in [0.717, 1.165) is 12.8 Å². The summed E-state index contributed by atoms with van der Waals surface area (Å²) < 4.78 is 5.56.